The van der Waals surface area contributed by atoms with E-state index in [1.807, 2.05) is 11.4 Å². The Labute approximate surface area is 100 Å². The minimum atomic E-state index is -0.913. The molecule has 15 heavy (non-hydrogen) atoms. The summed E-state index contributed by atoms with van der Waals surface area (Å²) >= 11 is 13.6. The first-order valence-electron chi connectivity index (χ1n) is 4.15. The Hall–Kier alpha value is -0.770. The van der Waals surface area contributed by atoms with Crippen LogP contribution in [0.2, 0.25) is 10.0 Å². The lowest BCUT2D eigenvalue weighted by molar-refractivity contribution is -0.136. The van der Waals surface area contributed by atoms with Gasteiger partial charge < -0.3 is 5.11 Å². The van der Waals surface area contributed by atoms with Gasteiger partial charge in [0.05, 0.1) is 16.1 Å². The van der Waals surface area contributed by atoms with Gasteiger partial charge in [-0.3, -0.25) is 4.79 Å². The largest absolute Gasteiger partial charge is 0.481 e. The van der Waals surface area contributed by atoms with Gasteiger partial charge in [0.1, 0.15) is 0 Å². The Morgan fingerprint density at radius 1 is 1.47 bits per heavy atom. The fourth-order valence-corrected chi connectivity index (χ4v) is 2.98. The second-order valence-corrected chi connectivity index (χ2v) is 4.77. The third-order valence-corrected chi connectivity index (χ3v) is 3.83. The van der Waals surface area contributed by atoms with E-state index in [-0.39, 0.29) is 6.42 Å². The van der Waals surface area contributed by atoms with Crippen LogP contribution in [0.25, 0.3) is 10.1 Å². The van der Waals surface area contributed by atoms with Crippen molar-refractivity contribution in [2.45, 2.75) is 6.42 Å². The van der Waals surface area contributed by atoms with Gasteiger partial charge in [0.15, 0.2) is 0 Å². The van der Waals surface area contributed by atoms with Crippen LogP contribution in [0.5, 0.6) is 0 Å². The molecule has 0 aliphatic rings. The Kier molecular flexibility index (Phi) is 2.87. The number of hydrogen-bond acceptors (Lipinski definition) is 2. The molecule has 1 aromatic carbocycles. The summed E-state index contributed by atoms with van der Waals surface area (Å²) in [5, 5.41) is 12.5. The highest BCUT2D eigenvalue weighted by atomic mass is 35.5. The number of rotatable bonds is 2. The third-order valence-electron chi connectivity index (χ3n) is 2.05. The van der Waals surface area contributed by atoms with Gasteiger partial charge in [0.25, 0.3) is 0 Å². The zero-order chi connectivity index (χ0) is 11.0. The second-order valence-electron chi connectivity index (χ2n) is 3.07. The molecule has 2 aromatic rings. The van der Waals surface area contributed by atoms with E-state index in [9.17, 15) is 4.79 Å². The van der Waals surface area contributed by atoms with Gasteiger partial charge in [-0.25, -0.2) is 0 Å². The average Bonchev–Trinajstić information content (AvgIpc) is 2.61. The summed E-state index contributed by atoms with van der Waals surface area (Å²) in [5.41, 5.74) is 0.559. The van der Waals surface area contributed by atoms with Gasteiger partial charge in [-0.2, -0.15) is 0 Å². The van der Waals surface area contributed by atoms with Gasteiger partial charge in [0.2, 0.25) is 0 Å². The van der Waals surface area contributed by atoms with Crippen molar-refractivity contribution in [3.8, 4) is 0 Å². The first-order valence-corrected chi connectivity index (χ1v) is 5.79. The molecule has 0 fully saturated rings. The van der Waals surface area contributed by atoms with E-state index in [0.717, 1.165) is 10.1 Å². The second kappa shape index (κ2) is 4.00. The predicted molar refractivity (Wildman–Crippen MR) is 63.2 cm³/mol. The number of halogens is 2. The van der Waals surface area contributed by atoms with E-state index in [1.54, 1.807) is 6.07 Å². The molecule has 1 heterocycles. The summed E-state index contributed by atoms with van der Waals surface area (Å²) in [4.78, 5) is 10.6. The van der Waals surface area contributed by atoms with E-state index in [2.05, 4.69) is 0 Å². The fourth-order valence-electron chi connectivity index (χ4n) is 1.40. The number of benzene rings is 1. The maximum Gasteiger partial charge on any atom is 0.307 e. The lowest BCUT2D eigenvalue weighted by atomic mass is 10.1. The van der Waals surface area contributed by atoms with Crippen molar-refractivity contribution >= 4 is 50.6 Å². The van der Waals surface area contributed by atoms with Crippen molar-refractivity contribution in [2.24, 2.45) is 0 Å². The third kappa shape index (κ3) is 1.95. The molecule has 0 aliphatic heterocycles. The van der Waals surface area contributed by atoms with E-state index >= 15 is 0 Å². The Morgan fingerprint density at radius 3 is 2.87 bits per heavy atom. The highest BCUT2D eigenvalue weighted by Crippen LogP contribution is 2.36. The van der Waals surface area contributed by atoms with Crippen molar-refractivity contribution in [3.63, 3.8) is 0 Å². The number of hydrogen-bond donors (Lipinski definition) is 1. The lowest BCUT2D eigenvalue weighted by Crippen LogP contribution is -2.00. The fraction of sp³-hybridized carbons (Fsp3) is 0.100. The van der Waals surface area contributed by atoms with Crippen molar-refractivity contribution in [2.75, 3.05) is 0 Å². The van der Waals surface area contributed by atoms with E-state index in [1.165, 1.54) is 11.3 Å². The van der Waals surface area contributed by atoms with Crippen molar-refractivity contribution in [1.82, 2.24) is 0 Å². The van der Waals surface area contributed by atoms with Gasteiger partial charge in [0, 0.05) is 10.4 Å². The summed E-state index contributed by atoms with van der Waals surface area (Å²) in [6.07, 6.45) is -0.105. The van der Waals surface area contributed by atoms with Crippen LogP contribution < -0.4 is 0 Å². The molecule has 5 heteroatoms. The molecule has 78 valence electrons. The molecule has 0 saturated carbocycles. The molecule has 0 atom stereocenters. The van der Waals surface area contributed by atoms with Crippen LogP contribution in [-0.2, 0) is 11.2 Å². The summed E-state index contributed by atoms with van der Waals surface area (Å²) in [5.74, 6) is -0.913. The molecule has 0 unspecified atom stereocenters. The Morgan fingerprint density at radius 2 is 2.20 bits per heavy atom. The van der Waals surface area contributed by atoms with Gasteiger partial charge in [-0.15, -0.1) is 11.3 Å². The summed E-state index contributed by atoms with van der Waals surface area (Å²) in [7, 11) is 0. The molecule has 2 rings (SSSR count). The van der Waals surface area contributed by atoms with Crippen LogP contribution in [-0.4, -0.2) is 11.1 Å². The van der Waals surface area contributed by atoms with Crippen LogP contribution in [0.15, 0.2) is 17.5 Å². The lowest BCUT2D eigenvalue weighted by Gasteiger charge is -2.04. The van der Waals surface area contributed by atoms with Crippen molar-refractivity contribution in [1.29, 1.82) is 0 Å². The van der Waals surface area contributed by atoms with Crippen LogP contribution in [0.1, 0.15) is 5.56 Å². The molecule has 0 aliphatic carbocycles. The predicted octanol–water partition coefficient (Wildman–Crippen LogP) is 3.84. The summed E-state index contributed by atoms with van der Waals surface area (Å²) in [6, 6.07) is 3.49. The monoisotopic (exact) mass is 260 g/mol. The van der Waals surface area contributed by atoms with Gasteiger partial charge in [-0.05, 0) is 23.1 Å². The van der Waals surface area contributed by atoms with Crippen molar-refractivity contribution < 1.29 is 9.90 Å². The maximum absolute atomic E-state index is 10.6. The first kappa shape index (κ1) is 10.7. The molecular weight excluding hydrogens is 255 g/mol. The number of aliphatic carboxylic acids is 1. The topological polar surface area (TPSA) is 37.3 Å². The summed E-state index contributed by atoms with van der Waals surface area (Å²) in [6.45, 7) is 0. The molecule has 1 aromatic heterocycles. The molecule has 0 bridgehead atoms. The number of fused-ring (bicyclic) bond motifs is 1. The van der Waals surface area contributed by atoms with Gasteiger partial charge >= 0.3 is 5.97 Å². The number of thiophene rings is 1. The van der Waals surface area contributed by atoms with Crippen molar-refractivity contribution in [3.05, 3.63) is 33.1 Å². The van der Waals surface area contributed by atoms with Crippen LogP contribution in [0.4, 0.5) is 0 Å². The molecule has 0 amide bonds. The summed E-state index contributed by atoms with van der Waals surface area (Å²) < 4.78 is 0.848. The van der Waals surface area contributed by atoms with Crippen LogP contribution in [0, 0.1) is 0 Å². The SMILES string of the molecule is O=C(O)Cc1cc(Cl)c2ccsc2c1Cl. The zero-order valence-corrected chi connectivity index (χ0v) is 9.79. The molecule has 2 nitrogen and oxygen atoms in total. The quantitative estimate of drug-likeness (QED) is 0.891. The molecule has 1 N–H and O–H groups in total. The number of carboxylic acid groups (broad SMARTS) is 1. The highest BCUT2D eigenvalue weighted by molar-refractivity contribution is 7.18. The number of carboxylic acids is 1. The maximum atomic E-state index is 10.6. The molecule has 0 saturated heterocycles. The minimum Gasteiger partial charge on any atom is -0.481 e. The van der Waals surface area contributed by atoms with Crippen LogP contribution in [0.3, 0.4) is 0 Å². The average molecular weight is 261 g/mol. The van der Waals surface area contributed by atoms with Crippen LogP contribution >= 0.6 is 34.5 Å². The van der Waals surface area contributed by atoms with Gasteiger partial charge in [-0.1, -0.05) is 23.2 Å². The molecular formula is C10H6Cl2O2S. The normalized spacial score (nSPS) is 10.8. The highest BCUT2D eigenvalue weighted by Gasteiger charge is 2.12. The van der Waals surface area contributed by atoms with E-state index < -0.39 is 5.97 Å². The van der Waals surface area contributed by atoms with E-state index in [0.29, 0.717) is 15.6 Å². The zero-order valence-electron chi connectivity index (χ0n) is 7.46. The van der Waals surface area contributed by atoms with E-state index in [4.69, 9.17) is 28.3 Å². The standard InChI is InChI=1S/C10H6Cl2O2S/c11-7-3-5(4-8(13)14)9(12)10-6(7)1-2-15-10/h1-3H,4H2,(H,13,14). The molecule has 0 spiro atoms. The Bertz CT molecular complexity index is 533. The molecule has 0 radical (unpaired) electrons. The first-order chi connectivity index (χ1) is 7.09. The Balaban J connectivity index is 2.65. The minimum absolute atomic E-state index is 0.105. The number of carbonyl (C=O) groups is 1. The smallest absolute Gasteiger partial charge is 0.307 e.